The van der Waals surface area contributed by atoms with Gasteiger partial charge in [0.25, 0.3) is 5.91 Å². The highest BCUT2D eigenvalue weighted by molar-refractivity contribution is 7.13. The first kappa shape index (κ1) is 22.1. The van der Waals surface area contributed by atoms with E-state index in [1.54, 1.807) is 12.4 Å². The maximum absolute atomic E-state index is 14.2. The number of rotatable bonds is 5. The van der Waals surface area contributed by atoms with Crippen LogP contribution in [0.3, 0.4) is 0 Å². The normalized spacial score (nSPS) is 18.6. The molecule has 0 spiro atoms. The molecule has 32 heavy (non-hydrogen) atoms. The fourth-order valence-electron chi connectivity index (χ4n) is 3.91. The molecule has 2 atom stereocenters. The number of nitrogens with two attached hydrogens (primary N) is 1. The zero-order chi connectivity index (χ0) is 22.8. The lowest BCUT2D eigenvalue weighted by molar-refractivity contribution is 0.102. The number of nitrogens with zero attached hydrogens (tertiary/aromatic N) is 3. The Bertz CT molecular complexity index is 1140. The summed E-state index contributed by atoms with van der Waals surface area (Å²) in [5.41, 5.74) is 7.08. The lowest BCUT2D eigenvalue weighted by Crippen LogP contribution is -2.47. The number of anilines is 2. The number of carbonyl (C=O) groups excluding carboxylic acids is 1. The summed E-state index contributed by atoms with van der Waals surface area (Å²) in [6.45, 7) is 3.63. The molecule has 4 rings (SSSR count). The lowest BCUT2D eigenvalue weighted by Gasteiger charge is -2.38. The number of aromatic hydroxyl groups is 1. The number of hydrogen-bond acceptors (Lipinski definition) is 7. The van der Waals surface area contributed by atoms with E-state index >= 15 is 0 Å². The SMILES string of the molecule is CC[C@@H]1C[C@H](N)CN(c2ccncc2NC(=O)c2csc(-c3c(F)ccc(O)c3F)n2)C1. The van der Waals surface area contributed by atoms with Gasteiger partial charge in [-0.05, 0) is 30.5 Å². The summed E-state index contributed by atoms with van der Waals surface area (Å²) in [4.78, 5) is 23.2. The Morgan fingerprint density at radius 1 is 1.34 bits per heavy atom. The van der Waals surface area contributed by atoms with Crippen molar-refractivity contribution in [1.82, 2.24) is 9.97 Å². The lowest BCUT2D eigenvalue weighted by atomic mass is 9.92. The van der Waals surface area contributed by atoms with Crippen LogP contribution in [-0.4, -0.2) is 40.1 Å². The third-order valence-electron chi connectivity index (χ3n) is 5.56. The maximum atomic E-state index is 14.2. The van der Waals surface area contributed by atoms with Crippen molar-refractivity contribution < 1.29 is 18.7 Å². The molecule has 7 nitrogen and oxygen atoms in total. The van der Waals surface area contributed by atoms with Crippen molar-refractivity contribution >= 4 is 28.6 Å². The smallest absolute Gasteiger partial charge is 0.275 e. The number of amides is 1. The van der Waals surface area contributed by atoms with Crippen molar-refractivity contribution in [2.75, 3.05) is 23.3 Å². The van der Waals surface area contributed by atoms with E-state index in [1.807, 2.05) is 6.07 Å². The molecule has 4 N–H and O–H groups in total. The molecule has 0 bridgehead atoms. The van der Waals surface area contributed by atoms with E-state index in [9.17, 15) is 18.7 Å². The number of hydrogen-bond donors (Lipinski definition) is 3. The highest BCUT2D eigenvalue weighted by atomic mass is 32.1. The third kappa shape index (κ3) is 4.42. The van der Waals surface area contributed by atoms with Crippen LogP contribution in [-0.2, 0) is 0 Å². The van der Waals surface area contributed by atoms with Gasteiger partial charge in [0.05, 0.1) is 23.1 Å². The second kappa shape index (κ2) is 9.17. The number of phenolic OH excluding ortho intramolecular Hbond substituents is 1. The molecule has 0 radical (unpaired) electrons. The zero-order valence-electron chi connectivity index (χ0n) is 17.4. The number of aromatic nitrogens is 2. The van der Waals surface area contributed by atoms with Gasteiger partial charge in [0.15, 0.2) is 11.6 Å². The molecule has 2 aromatic heterocycles. The fourth-order valence-corrected chi connectivity index (χ4v) is 4.75. The van der Waals surface area contributed by atoms with Gasteiger partial charge in [-0.1, -0.05) is 13.3 Å². The van der Waals surface area contributed by atoms with Crippen LogP contribution in [0.5, 0.6) is 5.75 Å². The number of halogens is 2. The second-order valence-electron chi connectivity index (χ2n) is 7.82. The number of carbonyl (C=O) groups is 1. The van der Waals surface area contributed by atoms with Crippen LogP contribution >= 0.6 is 11.3 Å². The molecule has 10 heteroatoms. The maximum Gasteiger partial charge on any atom is 0.275 e. The first-order valence-electron chi connectivity index (χ1n) is 10.3. The van der Waals surface area contributed by atoms with E-state index in [1.165, 1.54) is 5.38 Å². The fraction of sp³-hybridized carbons (Fsp3) is 0.318. The molecule has 168 valence electrons. The van der Waals surface area contributed by atoms with Gasteiger partial charge in [0.2, 0.25) is 0 Å². The van der Waals surface area contributed by atoms with Gasteiger partial charge in [-0.3, -0.25) is 9.78 Å². The Morgan fingerprint density at radius 3 is 2.94 bits per heavy atom. The van der Waals surface area contributed by atoms with Crippen LogP contribution in [0.15, 0.2) is 36.0 Å². The molecule has 0 saturated carbocycles. The first-order valence-corrected chi connectivity index (χ1v) is 11.1. The van der Waals surface area contributed by atoms with Crippen molar-refractivity contribution in [3.63, 3.8) is 0 Å². The Balaban J connectivity index is 1.57. The zero-order valence-corrected chi connectivity index (χ0v) is 18.2. The molecule has 0 aliphatic carbocycles. The summed E-state index contributed by atoms with van der Waals surface area (Å²) < 4.78 is 28.3. The van der Waals surface area contributed by atoms with E-state index in [4.69, 9.17) is 5.73 Å². The molecule has 0 unspecified atom stereocenters. The average molecular weight is 460 g/mol. The standard InChI is InChI=1S/C22H23F2N5O2S/c1-2-12-7-13(25)10-29(9-12)17-5-6-26-8-15(17)27-21(31)16-11-32-22(28-16)19-14(23)3-4-18(30)20(19)24/h3-6,8,11-13,30H,2,7,9-10,25H2,1H3,(H,27,31)/t12-,13+/m1/s1. The van der Waals surface area contributed by atoms with Gasteiger partial charge in [-0.2, -0.15) is 0 Å². The summed E-state index contributed by atoms with van der Waals surface area (Å²) in [5.74, 6) is -2.75. The Morgan fingerprint density at radius 2 is 2.16 bits per heavy atom. The Hall–Kier alpha value is -3.11. The minimum atomic E-state index is -1.12. The van der Waals surface area contributed by atoms with Crippen molar-refractivity contribution in [2.45, 2.75) is 25.8 Å². The van der Waals surface area contributed by atoms with E-state index in [-0.39, 0.29) is 16.7 Å². The summed E-state index contributed by atoms with van der Waals surface area (Å²) in [5, 5.41) is 13.7. The van der Waals surface area contributed by atoms with Crippen LogP contribution in [0, 0.1) is 17.6 Å². The van der Waals surface area contributed by atoms with Gasteiger partial charge in [-0.15, -0.1) is 11.3 Å². The van der Waals surface area contributed by atoms with E-state index in [2.05, 4.69) is 27.1 Å². The van der Waals surface area contributed by atoms with Gasteiger partial charge < -0.3 is 21.1 Å². The molecular weight excluding hydrogens is 436 g/mol. The number of phenols is 1. The van der Waals surface area contributed by atoms with Crippen LogP contribution in [0.2, 0.25) is 0 Å². The van der Waals surface area contributed by atoms with Crippen molar-refractivity contribution in [1.29, 1.82) is 0 Å². The van der Waals surface area contributed by atoms with Crippen LogP contribution in [0.1, 0.15) is 30.3 Å². The second-order valence-corrected chi connectivity index (χ2v) is 8.67. The Labute approximate surface area is 187 Å². The molecule has 1 amide bonds. The quantitative estimate of drug-likeness (QED) is 0.533. The van der Waals surface area contributed by atoms with Gasteiger partial charge >= 0.3 is 0 Å². The largest absolute Gasteiger partial charge is 0.505 e. The summed E-state index contributed by atoms with van der Waals surface area (Å²) in [6.07, 6.45) is 5.18. The van der Waals surface area contributed by atoms with Crippen molar-refractivity contribution in [3.8, 4) is 16.3 Å². The molecule has 1 aliphatic rings. The number of benzene rings is 1. The topological polar surface area (TPSA) is 104 Å². The van der Waals surface area contributed by atoms with Gasteiger partial charge in [0.1, 0.15) is 16.5 Å². The summed E-state index contributed by atoms with van der Waals surface area (Å²) in [7, 11) is 0. The van der Waals surface area contributed by atoms with Crippen LogP contribution in [0.25, 0.3) is 10.6 Å². The highest BCUT2D eigenvalue weighted by Gasteiger charge is 2.26. The number of thiazole rings is 1. The van der Waals surface area contributed by atoms with Crippen LogP contribution < -0.4 is 16.0 Å². The minimum absolute atomic E-state index is 0.00345. The molecular formula is C22H23F2N5O2S. The molecule has 1 fully saturated rings. The molecule has 1 aliphatic heterocycles. The first-order chi connectivity index (χ1) is 15.4. The van der Waals surface area contributed by atoms with E-state index in [0.717, 1.165) is 48.5 Å². The third-order valence-corrected chi connectivity index (χ3v) is 6.42. The summed E-state index contributed by atoms with van der Waals surface area (Å²) in [6, 6.07) is 3.74. The number of pyridine rings is 1. The molecule has 3 aromatic rings. The molecule has 1 saturated heterocycles. The minimum Gasteiger partial charge on any atom is -0.505 e. The van der Waals surface area contributed by atoms with Gasteiger partial charge in [0, 0.05) is 30.7 Å². The predicted octanol–water partition coefficient (Wildman–Crippen LogP) is 4.00. The summed E-state index contributed by atoms with van der Waals surface area (Å²) >= 11 is 0.909. The highest BCUT2D eigenvalue weighted by Crippen LogP contribution is 2.34. The average Bonchev–Trinajstić information content (AvgIpc) is 3.26. The number of piperidine rings is 1. The van der Waals surface area contributed by atoms with E-state index < -0.39 is 28.9 Å². The van der Waals surface area contributed by atoms with Crippen LogP contribution in [0.4, 0.5) is 20.2 Å². The van der Waals surface area contributed by atoms with Gasteiger partial charge in [-0.25, -0.2) is 13.8 Å². The van der Waals surface area contributed by atoms with E-state index in [0.29, 0.717) is 18.2 Å². The van der Waals surface area contributed by atoms with Crippen molar-refractivity contribution in [3.05, 3.63) is 53.3 Å². The monoisotopic (exact) mass is 459 g/mol. The molecule has 1 aromatic carbocycles. The Kier molecular flexibility index (Phi) is 6.33. The molecule has 3 heterocycles. The number of nitrogens with one attached hydrogen (secondary N) is 1. The van der Waals surface area contributed by atoms with Crippen molar-refractivity contribution in [2.24, 2.45) is 11.7 Å². The predicted molar refractivity (Wildman–Crippen MR) is 120 cm³/mol.